The first kappa shape index (κ1) is 11.8. The molecule has 0 aromatic rings. The molecule has 0 aliphatic carbocycles. The molecule has 1 N–H and O–H groups in total. The van der Waals surface area contributed by atoms with Gasteiger partial charge in [-0.2, -0.15) is 0 Å². The molecular weight excluding hydrogens is 172 g/mol. The van der Waals surface area contributed by atoms with E-state index in [1.807, 2.05) is 0 Å². The molecule has 0 fully saturated rings. The SMILES string of the molecule is CCOC(=O)[C@@H](O)[C@@H](C)/C=C/C=O. The largest absolute Gasteiger partial charge is 0.464 e. The fourth-order valence-electron chi connectivity index (χ4n) is 0.768. The summed E-state index contributed by atoms with van der Waals surface area (Å²) in [6.45, 7) is 3.53. The van der Waals surface area contributed by atoms with Crippen LogP contribution in [0.25, 0.3) is 0 Å². The predicted octanol–water partition coefficient (Wildman–Crippen LogP) is 0.302. The second kappa shape index (κ2) is 6.37. The monoisotopic (exact) mass is 186 g/mol. The zero-order valence-electron chi connectivity index (χ0n) is 7.77. The Labute approximate surface area is 77.2 Å². The van der Waals surface area contributed by atoms with Crippen LogP contribution in [0.15, 0.2) is 12.2 Å². The third-order valence-electron chi connectivity index (χ3n) is 1.52. The molecule has 0 aliphatic heterocycles. The molecule has 0 bridgehead atoms. The van der Waals surface area contributed by atoms with E-state index in [9.17, 15) is 14.7 Å². The Morgan fingerprint density at radius 1 is 1.62 bits per heavy atom. The molecule has 0 spiro atoms. The summed E-state index contributed by atoms with van der Waals surface area (Å²) in [7, 11) is 0. The first-order valence-corrected chi connectivity index (χ1v) is 4.10. The standard InChI is InChI=1S/C9H14O4/c1-3-13-9(12)8(11)7(2)5-4-6-10/h4-8,11H,3H2,1-2H3/b5-4+/t7-,8-/m0/s1. The van der Waals surface area contributed by atoms with Crippen molar-refractivity contribution in [2.24, 2.45) is 5.92 Å². The van der Waals surface area contributed by atoms with Crippen molar-refractivity contribution < 1.29 is 19.4 Å². The van der Waals surface area contributed by atoms with Gasteiger partial charge in [0.05, 0.1) is 6.61 Å². The first-order chi connectivity index (χ1) is 6.13. The van der Waals surface area contributed by atoms with E-state index < -0.39 is 18.0 Å². The van der Waals surface area contributed by atoms with Crippen LogP contribution >= 0.6 is 0 Å². The van der Waals surface area contributed by atoms with Crippen LogP contribution in [0.4, 0.5) is 0 Å². The van der Waals surface area contributed by atoms with Gasteiger partial charge >= 0.3 is 5.97 Å². The maximum absolute atomic E-state index is 11.0. The predicted molar refractivity (Wildman–Crippen MR) is 47.0 cm³/mol. The summed E-state index contributed by atoms with van der Waals surface area (Å²) in [5.74, 6) is -1.07. The number of esters is 1. The molecule has 0 aromatic heterocycles. The van der Waals surface area contributed by atoms with Crippen molar-refractivity contribution >= 4 is 12.3 Å². The Morgan fingerprint density at radius 3 is 2.69 bits per heavy atom. The number of carbonyl (C=O) groups excluding carboxylic acids is 2. The highest BCUT2D eigenvalue weighted by molar-refractivity contribution is 5.75. The third-order valence-corrected chi connectivity index (χ3v) is 1.52. The van der Waals surface area contributed by atoms with Gasteiger partial charge in [-0.05, 0) is 13.0 Å². The lowest BCUT2D eigenvalue weighted by atomic mass is 10.0. The van der Waals surface area contributed by atoms with E-state index in [0.717, 1.165) is 0 Å². The van der Waals surface area contributed by atoms with E-state index in [-0.39, 0.29) is 6.61 Å². The fraction of sp³-hybridized carbons (Fsp3) is 0.556. The summed E-state index contributed by atoms with van der Waals surface area (Å²) in [5.41, 5.74) is 0. The topological polar surface area (TPSA) is 63.6 Å². The van der Waals surface area contributed by atoms with Gasteiger partial charge in [0.15, 0.2) is 6.10 Å². The summed E-state index contributed by atoms with van der Waals surface area (Å²) >= 11 is 0. The molecule has 0 aliphatic rings. The van der Waals surface area contributed by atoms with E-state index in [4.69, 9.17) is 0 Å². The van der Waals surface area contributed by atoms with Gasteiger partial charge in [0.25, 0.3) is 0 Å². The van der Waals surface area contributed by atoms with Gasteiger partial charge in [0, 0.05) is 5.92 Å². The molecule has 0 heterocycles. The maximum Gasteiger partial charge on any atom is 0.335 e. The third kappa shape index (κ3) is 4.42. The van der Waals surface area contributed by atoms with Crippen molar-refractivity contribution in [1.29, 1.82) is 0 Å². The van der Waals surface area contributed by atoms with Crippen molar-refractivity contribution in [2.75, 3.05) is 6.61 Å². The number of ether oxygens (including phenoxy) is 1. The summed E-state index contributed by atoms with van der Waals surface area (Å²) in [6.07, 6.45) is 2.09. The second-order valence-electron chi connectivity index (χ2n) is 2.58. The summed E-state index contributed by atoms with van der Waals surface area (Å²) in [4.78, 5) is 20.9. The second-order valence-corrected chi connectivity index (χ2v) is 2.58. The Morgan fingerprint density at radius 2 is 2.23 bits per heavy atom. The number of aldehydes is 1. The van der Waals surface area contributed by atoms with Gasteiger partial charge in [0.2, 0.25) is 0 Å². The molecule has 4 heteroatoms. The highest BCUT2D eigenvalue weighted by atomic mass is 16.5. The minimum absolute atomic E-state index is 0.236. The molecule has 0 aromatic carbocycles. The van der Waals surface area contributed by atoms with Crippen LogP contribution < -0.4 is 0 Å². The van der Waals surface area contributed by atoms with Crippen molar-refractivity contribution in [1.82, 2.24) is 0 Å². The minimum Gasteiger partial charge on any atom is -0.464 e. The fourth-order valence-corrected chi connectivity index (χ4v) is 0.768. The van der Waals surface area contributed by atoms with Gasteiger partial charge in [0.1, 0.15) is 6.29 Å². The van der Waals surface area contributed by atoms with Gasteiger partial charge in [-0.25, -0.2) is 4.79 Å². The molecule has 4 nitrogen and oxygen atoms in total. The Hall–Kier alpha value is -1.16. The van der Waals surface area contributed by atoms with E-state index in [1.54, 1.807) is 13.8 Å². The molecule has 0 saturated heterocycles. The van der Waals surface area contributed by atoms with Gasteiger partial charge in [-0.15, -0.1) is 0 Å². The number of aliphatic hydroxyl groups excluding tert-OH is 1. The lowest BCUT2D eigenvalue weighted by Crippen LogP contribution is -2.28. The highest BCUT2D eigenvalue weighted by Crippen LogP contribution is 2.06. The smallest absolute Gasteiger partial charge is 0.335 e. The molecule has 0 unspecified atom stereocenters. The van der Waals surface area contributed by atoms with Gasteiger partial charge < -0.3 is 9.84 Å². The van der Waals surface area contributed by atoms with E-state index in [2.05, 4.69) is 4.74 Å². The molecule has 0 rings (SSSR count). The van der Waals surface area contributed by atoms with Crippen molar-refractivity contribution in [2.45, 2.75) is 20.0 Å². The average Bonchev–Trinajstić information content (AvgIpc) is 2.13. The van der Waals surface area contributed by atoms with Crippen molar-refractivity contribution in [3.63, 3.8) is 0 Å². The molecule has 0 radical (unpaired) electrons. The molecule has 0 amide bonds. The summed E-state index contributed by atoms with van der Waals surface area (Å²) in [5, 5.41) is 9.30. The van der Waals surface area contributed by atoms with Crippen molar-refractivity contribution in [3.05, 3.63) is 12.2 Å². The van der Waals surface area contributed by atoms with Crippen LogP contribution in [0, 0.1) is 5.92 Å². The van der Waals surface area contributed by atoms with Crippen LogP contribution in [0.2, 0.25) is 0 Å². The zero-order chi connectivity index (χ0) is 10.3. The van der Waals surface area contributed by atoms with E-state index in [1.165, 1.54) is 12.2 Å². The molecule has 0 saturated carbocycles. The van der Waals surface area contributed by atoms with Crippen molar-refractivity contribution in [3.8, 4) is 0 Å². The number of hydrogen-bond acceptors (Lipinski definition) is 4. The van der Waals surface area contributed by atoms with Crippen LogP contribution in [-0.2, 0) is 14.3 Å². The number of allylic oxidation sites excluding steroid dienone is 1. The Kier molecular flexibility index (Phi) is 5.80. The zero-order valence-corrected chi connectivity index (χ0v) is 7.77. The summed E-state index contributed by atoms with van der Waals surface area (Å²) < 4.78 is 4.59. The number of aliphatic hydroxyl groups is 1. The number of hydrogen-bond donors (Lipinski definition) is 1. The number of carbonyl (C=O) groups is 2. The molecular formula is C9H14O4. The normalized spacial score (nSPS) is 15.3. The molecule has 74 valence electrons. The van der Waals surface area contributed by atoms with Crippen LogP contribution in [0.1, 0.15) is 13.8 Å². The van der Waals surface area contributed by atoms with Gasteiger partial charge in [-0.1, -0.05) is 13.0 Å². The number of rotatable bonds is 5. The lowest BCUT2D eigenvalue weighted by Gasteiger charge is -2.13. The first-order valence-electron chi connectivity index (χ1n) is 4.10. The average molecular weight is 186 g/mol. The quantitative estimate of drug-likeness (QED) is 0.381. The highest BCUT2D eigenvalue weighted by Gasteiger charge is 2.21. The minimum atomic E-state index is -1.20. The Balaban J connectivity index is 4.07. The summed E-state index contributed by atoms with van der Waals surface area (Å²) in [6, 6.07) is 0. The van der Waals surface area contributed by atoms with Gasteiger partial charge in [-0.3, -0.25) is 4.79 Å². The van der Waals surface area contributed by atoms with Crippen LogP contribution in [-0.4, -0.2) is 30.1 Å². The maximum atomic E-state index is 11.0. The van der Waals surface area contributed by atoms with E-state index in [0.29, 0.717) is 6.29 Å². The lowest BCUT2D eigenvalue weighted by molar-refractivity contribution is -0.154. The van der Waals surface area contributed by atoms with E-state index >= 15 is 0 Å². The van der Waals surface area contributed by atoms with Crippen LogP contribution in [0.3, 0.4) is 0 Å². The molecule has 13 heavy (non-hydrogen) atoms. The molecule has 2 atom stereocenters. The Bertz CT molecular complexity index is 198. The van der Waals surface area contributed by atoms with Crippen LogP contribution in [0.5, 0.6) is 0 Å².